The maximum atomic E-state index is 12.8. The van der Waals surface area contributed by atoms with Crippen molar-refractivity contribution in [1.29, 1.82) is 0 Å². The smallest absolute Gasteiger partial charge is 0.253 e. The molecule has 1 aliphatic rings. The monoisotopic (exact) mass is 394 g/mol. The summed E-state index contributed by atoms with van der Waals surface area (Å²) in [6, 6.07) is 10.7. The van der Waals surface area contributed by atoms with E-state index in [1.165, 1.54) is 0 Å². The predicted molar refractivity (Wildman–Crippen MR) is 110 cm³/mol. The van der Waals surface area contributed by atoms with Crippen LogP contribution in [0.5, 0.6) is 0 Å². The lowest BCUT2D eigenvalue weighted by atomic mass is 9.95. The van der Waals surface area contributed by atoms with Gasteiger partial charge in [-0.2, -0.15) is 0 Å². The molecule has 0 aliphatic carbocycles. The van der Waals surface area contributed by atoms with Crippen molar-refractivity contribution in [3.8, 4) is 0 Å². The lowest BCUT2D eigenvalue weighted by Crippen LogP contribution is -2.42. The van der Waals surface area contributed by atoms with Crippen LogP contribution in [0.25, 0.3) is 0 Å². The van der Waals surface area contributed by atoms with E-state index in [0.717, 1.165) is 5.56 Å². The maximum Gasteiger partial charge on any atom is 0.253 e. The normalized spacial score (nSPS) is 14.3. The molecule has 2 heterocycles. The summed E-state index contributed by atoms with van der Waals surface area (Å²) in [5, 5.41) is 5.73. The Labute approximate surface area is 170 Å². The number of likely N-dealkylation sites (tertiary alicyclic amines) is 1. The molecule has 7 nitrogen and oxygen atoms in total. The molecule has 7 heteroatoms. The third-order valence-corrected chi connectivity index (χ3v) is 5.06. The van der Waals surface area contributed by atoms with Crippen LogP contribution >= 0.6 is 0 Å². The molecule has 152 valence electrons. The summed E-state index contributed by atoms with van der Waals surface area (Å²) in [7, 11) is 0. The van der Waals surface area contributed by atoms with E-state index in [1.807, 2.05) is 12.1 Å². The van der Waals surface area contributed by atoms with Crippen molar-refractivity contribution in [3.63, 3.8) is 0 Å². The van der Waals surface area contributed by atoms with E-state index < -0.39 is 0 Å². The van der Waals surface area contributed by atoms with E-state index in [9.17, 15) is 14.4 Å². The Morgan fingerprint density at radius 3 is 2.62 bits per heavy atom. The average Bonchev–Trinajstić information content (AvgIpc) is 2.78. The van der Waals surface area contributed by atoms with E-state index in [2.05, 4.69) is 15.6 Å². The fraction of sp³-hybridized carbons (Fsp3) is 0.364. The summed E-state index contributed by atoms with van der Waals surface area (Å²) >= 11 is 0. The molecule has 0 saturated carbocycles. The topological polar surface area (TPSA) is 91.4 Å². The average molecular weight is 394 g/mol. The largest absolute Gasteiger partial charge is 0.352 e. The molecule has 0 bridgehead atoms. The van der Waals surface area contributed by atoms with Crippen LogP contribution in [0.3, 0.4) is 0 Å². The van der Waals surface area contributed by atoms with Crippen LogP contribution in [0.15, 0.2) is 48.8 Å². The van der Waals surface area contributed by atoms with Gasteiger partial charge in [0.25, 0.3) is 5.91 Å². The van der Waals surface area contributed by atoms with Crippen LogP contribution in [-0.4, -0.2) is 40.7 Å². The van der Waals surface area contributed by atoms with E-state index >= 15 is 0 Å². The highest BCUT2D eigenvalue weighted by Crippen LogP contribution is 2.21. The Morgan fingerprint density at radius 1 is 1.14 bits per heavy atom. The third-order valence-electron chi connectivity index (χ3n) is 5.06. The van der Waals surface area contributed by atoms with Crippen LogP contribution in [0.1, 0.15) is 42.1 Å². The number of pyridine rings is 1. The zero-order chi connectivity index (χ0) is 20.6. The first-order valence-electron chi connectivity index (χ1n) is 9.92. The zero-order valence-electron chi connectivity index (χ0n) is 16.6. The molecule has 29 heavy (non-hydrogen) atoms. The van der Waals surface area contributed by atoms with Gasteiger partial charge in [-0.15, -0.1) is 0 Å². The number of anilines is 1. The fourth-order valence-corrected chi connectivity index (χ4v) is 3.34. The summed E-state index contributed by atoms with van der Waals surface area (Å²) in [5.41, 5.74) is 2.12. The van der Waals surface area contributed by atoms with Crippen LogP contribution in [0, 0.1) is 5.92 Å². The van der Waals surface area contributed by atoms with Gasteiger partial charge in [-0.1, -0.05) is 19.1 Å². The van der Waals surface area contributed by atoms with E-state index in [4.69, 9.17) is 0 Å². The van der Waals surface area contributed by atoms with Gasteiger partial charge < -0.3 is 15.5 Å². The maximum absolute atomic E-state index is 12.8. The molecule has 0 atom stereocenters. The number of rotatable bonds is 6. The van der Waals surface area contributed by atoms with Crippen molar-refractivity contribution in [2.24, 2.45) is 5.92 Å². The number of hydrogen-bond acceptors (Lipinski definition) is 4. The van der Waals surface area contributed by atoms with Gasteiger partial charge in [0.1, 0.15) is 0 Å². The number of carbonyl (C=O) groups excluding carboxylic acids is 3. The van der Waals surface area contributed by atoms with Gasteiger partial charge in [-0.05, 0) is 42.7 Å². The molecule has 3 rings (SSSR count). The Kier molecular flexibility index (Phi) is 6.94. The molecule has 2 N–H and O–H groups in total. The summed E-state index contributed by atoms with van der Waals surface area (Å²) < 4.78 is 0. The molecule has 1 saturated heterocycles. The number of benzene rings is 1. The van der Waals surface area contributed by atoms with Gasteiger partial charge >= 0.3 is 0 Å². The minimum Gasteiger partial charge on any atom is -0.352 e. The summed E-state index contributed by atoms with van der Waals surface area (Å²) in [4.78, 5) is 42.6. The standard InChI is InChI=1S/C22H26N4O3/c1-2-20(27)25-19-7-3-6-18(13-19)22(29)26-11-8-17(9-12-26)21(28)24-15-16-5-4-10-23-14-16/h3-7,10,13-14,17H,2,8-9,11-12,15H2,1H3,(H,24,28)(H,25,27). The molecule has 1 aromatic heterocycles. The number of amides is 3. The second-order valence-corrected chi connectivity index (χ2v) is 7.13. The highest BCUT2D eigenvalue weighted by molar-refractivity contribution is 5.97. The molecular weight excluding hydrogens is 368 g/mol. The second-order valence-electron chi connectivity index (χ2n) is 7.13. The SMILES string of the molecule is CCC(=O)Nc1cccc(C(=O)N2CCC(C(=O)NCc3cccnc3)CC2)c1. The molecule has 0 unspecified atom stereocenters. The van der Waals surface area contributed by atoms with Crippen LogP contribution in [0.4, 0.5) is 5.69 Å². The van der Waals surface area contributed by atoms with E-state index in [0.29, 0.717) is 50.1 Å². The molecular formula is C22H26N4O3. The number of piperidine rings is 1. The lowest BCUT2D eigenvalue weighted by Gasteiger charge is -2.31. The zero-order valence-corrected chi connectivity index (χ0v) is 16.6. The first-order chi connectivity index (χ1) is 14.1. The minimum absolute atomic E-state index is 0.0187. The quantitative estimate of drug-likeness (QED) is 0.788. The van der Waals surface area contributed by atoms with Crippen molar-refractivity contribution < 1.29 is 14.4 Å². The summed E-state index contributed by atoms with van der Waals surface area (Å²) in [5.74, 6) is -0.240. The van der Waals surface area contributed by atoms with Gasteiger partial charge in [0.15, 0.2) is 0 Å². The molecule has 1 fully saturated rings. The highest BCUT2D eigenvalue weighted by atomic mass is 16.2. The van der Waals surface area contributed by atoms with Gasteiger partial charge in [-0.3, -0.25) is 19.4 Å². The predicted octanol–water partition coefficient (Wildman–Crippen LogP) is 2.60. The number of nitrogens with one attached hydrogen (secondary N) is 2. The molecule has 2 aromatic rings. The van der Waals surface area contributed by atoms with Crippen molar-refractivity contribution in [2.45, 2.75) is 32.7 Å². The van der Waals surface area contributed by atoms with Crippen molar-refractivity contribution in [1.82, 2.24) is 15.2 Å². The second kappa shape index (κ2) is 9.82. The molecule has 1 aliphatic heterocycles. The Hall–Kier alpha value is -3.22. The van der Waals surface area contributed by atoms with Crippen LogP contribution < -0.4 is 10.6 Å². The Morgan fingerprint density at radius 2 is 1.93 bits per heavy atom. The van der Waals surface area contributed by atoms with Crippen LogP contribution in [0.2, 0.25) is 0 Å². The molecule has 3 amide bonds. The van der Waals surface area contributed by atoms with Gasteiger partial charge in [-0.25, -0.2) is 0 Å². The highest BCUT2D eigenvalue weighted by Gasteiger charge is 2.27. The van der Waals surface area contributed by atoms with Crippen molar-refractivity contribution >= 4 is 23.4 Å². The molecule has 0 spiro atoms. The summed E-state index contributed by atoms with van der Waals surface area (Å²) in [6.45, 7) is 3.31. The number of carbonyl (C=O) groups is 3. The first kappa shape index (κ1) is 20.5. The molecule has 0 radical (unpaired) electrons. The van der Waals surface area contributed by atoms with Crippen molar-refractivity contribution in [2.75, 3.05) is 18.4 Å². The fourth-order valence-electron chi connectivity index (χ4n) is 3.34. The van der Waals surface area contributed by atoms with Gasteiger partial charge in [0, 0.05) is 55.6 Å². The van der Waals surface area contributed by atoms with Crippen LogP contribution in [-0.2, 0) is 16.1 Å². The summed E-state index contributed by atoms with van der Waals surface area (Å²) in [6.07, 6.45) is 5.09. The van der Waals surface area contributed by atoms with E-state index in [-0.39, 0.29) is 23.6 Å². The van der Waals surface area contributed by atoms with Crippen molar-refractivity contribution in [3.05, 3.63) is 59.9 Å². The van der Waals surface area contributed by atoms with Gasteiger partial charge in [0.2, 0.25) is 11.8 Å². The van der Waals surface area contributed by atoms with E-state index in [1.54, 1.807) is 48.5 Å². The lowest BCUT2D eigenvalue weighted by molar-refractivity contribution is -0.126. The minimum atomic E-state index is -0.0918. The number of hydrogen-bond donors (Lipinski definition) is 2. The Balaban J connectivity index is 1.51. The number of nitrogens with zero attached hydrogens (tertiary/aromatic N) is 2. The van der Waals surface area contributed by atoms with Gasteiger partial charge in [0.05, 0.1) is 0 Å². The molecule has 1 aromatic carbocycles. The third kappa shape index (κ3) is 5.63. The first-order valence-corrected chi connectivity index (χ1v) is 9.92. The Bertz CT molecular complexity index is 861. The number of aromatic nitrogens is 1.